The highest BCUT2D eigenvalue weighted by Crippen LogP contribution is 2.28. The van der Waals surface area contributed by atoms with E-state index in [4.69, 9.17) is 4.98 Å². The number of rotatable bonds is 6. The van der Waals surface area contributed by atoms with Crippen molar-refractivity contribution < 1.29 is 0 Å². The second-order valence-electron chi connectivity index (χ2n) is 7.35. The van der Waals surface area contributed by atoms with Crippen molar-refractivity contribution in [3.05, 3.63) is 60.2 Å². The van der Waals surface area contributed by atoms with Crippen molar-refractivity contribution in [3.8, 4) is 0 Å². The molecule has 2 aromatic carbocycles. The minimum atomic E-state index is 0.883. The van der Waals surface area contributed by atoms with E-state index in [0.717, 1.165) is 44.4 Å². The molecule has 0 unspecified atom stereocenters. The molecule has 0 aliphatic carbocycles. The lowest BCUT2D eigenvalue weighted by Crippen LogP contribution is -2.45. The summed E-state index contributed by atoms with van der Waals surface area (Å²) < 4.78 is 2.36. The maximum absolute atomic E-state index is 4.93. The van der Waals surface area contributed by atoms with Crippen molar-refractivity contribution in [1.82, 2.24) is 19.4 Å². The second-order valence-corrected chi connectivity index (χ2v) is 7.35. The predicted molar refractivity (Wildman–Crippen MR) is 107 cm³/mol. The SMILES string of the molecule is CN(C)CCCN1CN(Cc2ccccc2)c2nc3ccccc3n2C1. The highest BCUT2D eigenvalue weighted by atomic mass is 15.5. The van der Waals surface area contributed by atoms with Gasteiger partial charge in [-0.15, -0.1) is 0 Å². The molecule has 0 saturated heterocycles. The van der Waals surface area contributed by atoms with Gasteiger partial charge in [0.15, 0.2) is 0 Å². The van der Waals surface area contributed by atoms with E-state index in [1.54, 1.807) is 0 Å². The van der Waals surface area contributed by atoms with Gasteiger partial charge in [0.1, 0.15) is 0 Å². The van der Waals surface area contributed by atoms with E-state index in [0.29, 0.717) is 0 Å². The van der Waals surface area contributed by atoms with Gasteiger partial charge in [0.05, 0.1) is 24.4 Å². The highest BCUT2D eigenvalue weighted by molar-refractivity contribution is 5.79. The molecule has 0 radical (unpaired) electrons. The van der Waals surface area contributed by atoms with E-state index < -0.39 is 0 Å². The highest BCUT2D eigenvalue weighted by Gasteiger charge is 2.25. The first kappa shape index (κ1) is 17.1. The molecule has 0 N–H and O–H groups in total. The summed E-state index contributed by atoms with van der Waals surface area (Å²) in [6, 6.07) is 19.1. The van der Waals surface area contributed by atoms with Crippen LogP contribution in [0.25, 0.3) is 11.0 Å². The molecule has 5 heteroatoms. The summed E-state index contributed by atoms with van der Waals surface area (Å²) in [7, 11) is 4.28. The van der Waals surface area contributed by atoms with Crippen LogP contribution in [0, 0.1) is 0 Å². The van der Waals surface area contributed by atoms with E-state index in [1.165, 1.54) is 17.5 Å². The third-order valence-electron chi connectivity index (χ3n) is 4.93. The topological polar surface area (TPSA) is 27.5 Å². The molecule has 0 fully saturated rings. The molecule has 0 bridgehead atoms. The first-order chi connectivity index (χ1) is 12.7. The fraction of sp³-hybridized carbons (Fsp3) is 0.381. The van der Waals surface area contributed by atoms with Gasteiger partial charge in [0.2, 0.25) is 5.95 Å². The van der Waals surface area contributed by atoms with Crippen molar-refractivity contribution in [2.75, 3.05) is 38.8 Å². The molecule has 1 aromatic heterocycles. The summed E-state index contributed by atoms with van der Waals surface area (Å²) >= 11 is 0. The van der Waals surface area contributed by atoms with Gasteiger partial charge >= 0.3 is 0 Å². The maximum Gasteiger partial charge on any atom is 0.209 e. The average molecular weight is 349 g/mol. The Bertz CT molecular complexity index is 855. The van der Waals surface area contributed by atoms with E-state index in [9.17, 15) is 0 Å². The number of benzene rings is 2. The molecule has 136 valence electrons. The number of hydrogen-bond donors (Lipinski definition) is 0. The van der Waals surface area contributed by atoms with Gasteiger partial charge < -0.3 is 9.80 Å². The van der Waals surface area contributed by atoms with Gasteiger partial charge in [-0.1, -0.05) is 42.5 Å². The van der Waals surface area contributed by atoms with E-state index in [-0.39, 0.29) is 0 Å². The first-order valence-corrected chi connectivity index (χ1v) is 9.32. The van der Waals surface area contributed by atoms with E-state index in [2.05, 4.69) is 88.0 Å². The van der Waals surface area contributed by atoms with Crippen LogP contribution in [0.3, 0.4) is 0 Å². The first-order valence-electron chi connectivity index (χ1n) is 9.32. The van der Waals surface area contributed by atoms with Crippen molar-refractivity contribution >= 4 is 17.0 Å². The normalized spacial score (nSPS) is 15.0. The summed E-state index contributed by atoms with van der Waals surface area (Å²) in [5.74, 6) is 1.08. The molecule has 5 nitrogen and oxygen atoms in total. The Kier molecular flexibility index (Phi) is 4.91. The minimum absolute atomic E-state index is 0.883. The summed E-state index contributed by atoms with van der Waals surface area (Å²) in [6.07, 6.45) is 1.17. The lowest BCUT2D eigenvalue weighted by Gasteiger charge is -2.37. The Morgan fingerprint density at radius 1 is 0.962 bits per heavy atom. The standard InChI is InChI=1S/C21H27N5/c1-23(2)13-8-14-24-16-25(15-18-9-4-3-5-10-18)21-22-19-11-6-7-12-20(19)26(21)17-24/h3-7,9-12H,8,13-17H2,1-2H3. The van der Waals surface area contributed by atoms with Crippen molar-refractivity contribution in [2.24, 2.45) is 0 Å². The summed E-state index contributed by atoms with van der Waals surface area (Å²) in [5.41, 5.74) is 3.62. The Hall–Kier alpha value is -2.37. The van der Waals surface area contributed by atoms with Gasteiger partial charge in [0.25, 0.3) is 0 Å². The van der Waals surface area contributed by atoms with Crippen molar-refractivity contribution in [3.63, 3.8) is 0 Å². The third-order valence-corrected chi connectivity index (χ3v) is 4.93. The third kappa shape index (κ3) is 3.59. The molecule has 1 aliphatic rings. The quantitative estimate of drug-likeness (QED) is 0.683. The van der Waals surface area contributed by atoms with Crippen LogP contribution in [0.15, 0.2) is 54.6 Å². The molecule has 0 spiro atoms. The van der Waals surface area contributed by atoms with Crippen LogP contribution < -0.4 is 4.90 Å². The lowest BCUT2D eigenvalue weighted by atomic mass is 10.2. The fourth-order valence-electron chi connectivity index (χ4n) is 3.67. The number of imidazole rings is 1. The van der Waals surface area contributed by atoms with Gasteiger partial charge in [-0.2, -0.15) is 0 Å². The van der Waals surface area contributed by atoms with Gasteiger partial charge in [0, 0.05) is 13.1 Å². The summed E-state index contributed by atoms with van der Waals surface area (Å²) in [5, 5.41) is 0. The van der Waals surface area contributed by atoms with Crippen LogP contribution in [0.1, 0.15) is 12.0 Å². The molecule has 3 aromatic rings. The Morgan fingerprint density at radius 3 is 2.54 bits per heavy atom. The smallest absolute Gasteiger partial charge is 0.209 e. The summed E-state index contributed by atoms with van der Waals surface area (Å²) in [6.45, 7) is 4.93. The molecular formula is C21H27N5. The van der Waals surface area contributed by atoms with Crippen molar-refractivity contribution in [2.45, 2.75) is 19.6 Å². The Balaban J connectivity index is 1.62. The van der Waals surface area contributed by atoms with Crippen LogP contribution >= 0.6 is 0 Å². The molecule has 4 rings (SSSR count). The van der Waals surface area contributed by atoms with Crippen LogP contribution in [0.2, 0.25) is 0 Å². The maximum atomic E-state index is 4.93. The average Bonchev–Trinajstić information content (AvgIpc) is 3.01. The fourth-order valence-corrected chi connectivity index (χ4v) is 3.67. The molecule has 0 amide bonds. The van der Waals surface area contributed by atoms with Gasteiger partial charge in [-0.3, -0.25) is 9.47 Å². The van der Waals surface area contributed by atoms with Crippen LogP contribution in [-0.2, 0) is 13.2 Å². The zero-order valence-electron chi connectivity index (χ0n) is 15.7. The number of hydrogen-bond acceptors (Lipinski definition) is 4. The number of aromatic nitrogens is 2. The number of para-hydroxylation sites is 2. The van der Waals surface area contributed by atoms with E-state index in [1.807, 2.05) is 0 Å². The molecule has 2 heterocycles. The minimum Gasteiger partial charge on any atom is -0.325 e. The molecule has 0 saturated carbocycles. The predicted octanol–water partition coefficient (Wildman–Crippen LogP) is 3.23. The van der Waals surface area contributed by atoms with Gasteiger partial charge in [-0.05, 0) is 44.8 Å². The van der Waals surface area contributed by atoms with Crippen molar-refractivity contribution in [1.29, 1.82) is 0 Å². The monoisotopic (exact) mass is 349 g/mol. The van der Waals surface area contributed by atoms with Gasteiger partial charge in [-0.25, -0.2) is 4.98 Å². The Morgan fingerprint density at radius 2 is 1.73 bits per heavy atom. The second kappa shape index (κ2) is 7.48. The zero-order chi connectivity index (χ0) is 17.9. The number of fused-ring (bicyclic) bond motifs is 3. The molecule has 1 aliphatic heterocycles. The van der Waals surface area contributed by atoms with Crippen LogP contribution in [-0.4, -0.2) is 53.2 Å². The molecular weight excluding hydrogens is 322 g/mol. The number of nitrogens with zero attached hydrogens (tertiary/aromatic N) is 5. The largest absolute Gasteiger partial charge is 0.325 e. The summed E-state index contributed by atoms with van der Waals surface area (Å²) in [4.78, 5) is 12.1. The Labute approximate surface area is 155 Å². The molecule has 26 heavy (non-hydrogen) atoms. The lowest BCUT2D eigenvalue weighted by molar-refractivity contribution is 0.189. The zero-order valence-corrected chi connectivity index (χ0v) is 15.7. The van der Waals surface area contributed by atoms with Crippen LogP contribution in [0.4, 0.5) is 5.95 Å². The van der Waals surface area contributed by atoms with Crippen LogP contribution in [0.5, 0.6) is 0 Å². The van der Waals surface area contributed by atoms with E-state index >= 15 is 0 Å². The number of anilines is 1. The molecule has 0 atom stereocenters.